The molecule has 0 unspecified atom stereocenters. The van der Waals surface area contributed by atoms with Crippen LogP contribution in [0.3, 0.4) is 0 Å². The first-order valence-electron chi connectivity index (χ1n) is 7.38. The molecule has 18 heavy (non-hydrogen) atoms. The highest BCUT2D eigenvalue weighted by Crippen LogP contribution is 2.24. The average molecular weight is 266 g/mol. The van der Waals surface area contributed by atoms with Crippen LogP contribution in [0.1, 0.15) is 78.9 Å². The summed E-state index contributed by atoms with van der Waals surface area (Å²) in [6, 6.07) is 2.27. The molecule has 102 valence electrons. The van der Waals surface area contributed by atoms with Crippen LogP contribution >= 0.6 is 11.3 Å². The molecule has 0 amide bonds. The van der Waals surface area contributed by atoms with Crippen molar-refractivity contribution in [3.8, 4) is 0 Å². The van der Waals surface area contributed by atoms with E-state index in [4.69, 9.17) is 0 Å². The van der Waals surface area contributed by atoms with Crippen molar-refractivity contribution >= 4 is 17.6 Å². The van der Waals surface area contributed by atoms with E-state index in [9.17, 15) is 4.79 Å². The number of unbranched alkanes of at least 4 members (excludes halogenated alkanes) is 5. The molecule has 0 fully saturated rings. The van der Waals surface area contributed by atoms with Crippen molar-refractivity contribution in [1.29, 1.82) is 0 Å². The Morgan fingerprint density at radius 1 is 1.00 bits per heavy atom. The molecule has 0 aliphatic heterocycles. The Bertz CT molecular complexity index is 341. The molecule has 0 bridgehead atoms. The quantitative estimate of drug-likeness (QED) is 0.408. The third kappa shape index (κ3) is 5.34. The van der Waals surface area contributed by atoms with Gasteiger partial charge in [-0.1, -0.05) is 46.0 Å². The van der Waals surface area contributed by atoms with E-state index >= 15 is 0 Å². The van der Waals surface area contributed by atoms with E-state index in [1.165, 1.54) is 55.4 Å². The van der Waals surface area contributed by atoms with Crippen LogP contribution in [0, 0.1) is 0 Å². The minimum Gasteiger partial charge on any atom is -0.297 e. The summed E-state index contributed by atoms with van der Waals surface area (Å²) in [5, 5.41) is 0. The van der Waals surface area contributed by atoms with Crippen LogP contribution < -0.4 is 0 Å². The first-order chi connectivity index (χ1) is 8.81. The first-order valence-corrected chi connectivity index (χ1v) is 8.20. The molecule has 1 heterocycles. The summed E-state index contributed by atoms with van der Waals surface area (Å²) in [6.07, 6.45) is 12.2. The molecule has 0 aliphatic rings. The van der Waals surface area contributed by atoms with Crippen molar-refractivity contribution in [1.82, 2.24) is 0 Å². The topological polar surface area (TPSA) is 17.1 Å². The largest absolute Gasteiger partial charge is 0.297 e. The van der Waals surface area contributed by atoms with Crippen molar-refractivity contribution in [3.63, 3.8) is 0 Å². The molecule has 0 saturated heterocycles. The van der Waals surface area contributed by atoms with E-state index in [0.717, 1.165) is 24.0 Å². The lowest BCUT2D eigenvalue weighted by atomic mass is 10.1. The smallest absolute Gasteiger partial charge is 0.160 e. The fourth-order valence-electron chi connectivity index (χ4n) is 2.21. The van der Waals surface area contributed by atoms with Gasteiger partial charge in [-0.2, -0.15) is 0 Å². The molecular weight excluding hydrogens is 240 g/mol. The Morgan fingerprint density at radius 3 is 2.33 bits per heavy atom. The maximum absolute atomic E-state index is 11.1. The summed E-state index contributed by atoms with van der Waals surface area (Å²) in [6.45, 7) is 4.45. The molecule has 0 aliphatic carbocycles. The number of aryl methyl sites for hydroxylation is 2. The Balaban J connectivity index is 2.46. The van der Waals surface area contributed by atoms with E-state index in [2.05, 4.69) is 19.9 Å². The monoisotopic (exact) mass is 266 g/mol. The molecule has 0 N–H and O–H groups in total. The van der Waals surface area contributed by atoms with Gasteiger partial charge in [-0.25, -0.2) is 0 Å². The first kappa shape index (κ1) is 15.4. The molecule has 0 atom stereocenters. The number of rotatable bonds is 10. The normalized spacial score (nSPS) is 10.8. The predicted octanol–water partition coefficient (Wildman–Crippen LogP) is 5.42. The van der Waals surface area contributed by atoms with Crippen LogP contribution in [-0.4, -0.2) is 6.29 Å². The molecule has 0 saturated carbocycles. The van der Waals surface area contributed by atoms with Crippen molar-refractivity contribution in [2.24, 2.45) is 0 Å². The standard InChI is InChI=1S/C16H26OS/c1-3-5-7-9-11-15-12-14(10-8-6-4-2)16(13-17)18-15/h12-13H,3-11H2,1-2H3. The van der Waals surface area contributed by atoms with Crippen LogP contribution in [-0.2, 0) is 12.8 Å². The lowest BCUT2D eigenvalue weighted by Gasteiger charge is -1.97. The summed E-state index contributed by atoms with van der Waals surface area (Å²) >= 11 is 1.71. The fourth-order valence-corrected chi connectivity index (χ4v) is 3.28. The Hall–Kier alpha value is -0.630. The molecule has 1 aromatic heterocycles. The van der Waals surface area contributed by atoms with Crippen molar-refractivity contribution in [3.05, 3.63) is 21.4 Å². The molecule has 1 aromatic rings. The molecule has 0 spiro atoms. The molecule has 1 rings (SSSR count). The molecule has 0 radical (unpaired) electrons. The van der Waals surface area contributed by atoms with Gasteiger partial charge in [0.2, 0.25) is 0 Å². The predicted molar refractivity (Wildman–Crippen MR) is 80.8 cm³/mol. The molecule has 0 aromatic carbocycles. The van der Waals surface area contributed by atoms with E-state index in [-0.39, 0.29) is 0 Å². The van der Waals surface area contributed by atoms with Crippen LogP contribution in [0.5, 0.6) is 0 Å². The van der Waals surface area contributed by atoms with Gasteiger partial charge in [0.25, 0.3) is 0 Å². The van der Waals surface area contributed by atoms with Gasteiger partial charge in [0.05, 0.1) is 4.88 Å². The van der Waals surface area contributed by atoms with Gasteiger partial charge in [-0.15, -0.1) is 11.3 Å². The van der Waals surface area contributed by atoms with Crippen molar-refractivity contribution < 1.29 is 4.79 Å². The third-order valence-corrected chi connectivity index (χ3v) is 4.49. The maximum atomic E-state index is 11.1. The van der Waals surface area contributed by atoms with E-state index in [1.807, 2.05) is 0 Å². The number of aldehydes is 1. The highest BCUT2D eigenvalue weighted by atomic mass is 32.1. The second-order valence-electron chi connectivity index (χ2n) is 4.99. The van der Waals surface area contributed by atoms with Gasteiger partial charge in [-0.05, 0) is 37.3 Å². The minimum absolute atomic E-state index is 0.969. The summed E-state index contributed by atoms with van der Waals surface area (Å²) in [5.41, 5.74) is 1.29. The highest BCUT2D eigenvalue weighted by molar-refractivity contribution is 7.13. The number of carbonyl (C=O) groups is 1. The molecular formula is C16H26OS. The SMILES string of the molecule is CCCCCCc1cc(CCCCC)c(C=O)s1. The second-order valence-corrected chi connectivity index (χ2v) is 6.16. The van der Waals surface area contributed by atoms with Gasteiger partial charge in [0, 0.05) is 4.88 Å². The van der Waals surface area contributed by atoms with Crippen LogP contribution in [0.2, 0.25) is 0 Å². The van der Waals surface area contributed by atoms with Gasteiger partial charge in [0.15, 0.2) is 6.29 Å². The molecule has 2 heteroatoms. The van der Waals surface area contributed by atoms with Crippen LogP contribution in [0.4, 0.5) is 0 Å². The van der Waals surface area contributed by atoms with Gasteiger partial charge < -0.3 is 0 Å². The fraction of sp³-hybridized carbons (Fsp3) is 0.688. The minimum atomic E-state index is 0.969. The van der Waals surface area contributed by atoms with Crippen LogP contribution in [0.15, 0.2) is 6.07 Å². The van der Waals surface area contributed by atoms with Crippen molar-refractivity contribution in [2.45, 2.75) is 71.6 Å². The zero-order valence-electron chi connectivity index (χ0n) is 11.8. The summed E-state index contributed by atoms with van der Waals surface area (Å²) in [4.78, 5) is 13.4. The average Bonchev–Trinajstić information content (AvgIpc) is 2.77. The lowest BCUT2D eigenvalue weighted by molar-refractivity contribution is 0.112. The van der Waals surface area contributed by atoms with Crippen LogP contribution in [0.25, 0.3) is 0 Å². The Kier molecular flexibility index (Phi) is 7.99. The number of hydrogen-bond donors (Lipinski definition) is 0. The zero-order chi connectivity index (χ0) is 13.2. The van der Waals surface area contributed by atoms with E-state index in [0.29, 0.717) is 0 Å². The Morgan fingerprint density at radius 2 is 1.67 bits per heavy atom. The maximum Gasteiger partial charge on any atom is 0.160 e. The zero-order valence-corrected chi connectivity index (χ0v) is 12.7. The summed E-state index contributed by atoms with van der Waals surface area (Å²) in [7, 11) is 0. The third-order valence-electron chi connectivity index (χ3n) is 3.33. The molecule has 1 nitrogen and oxygen atoms in total. The van der Waals surface area contributed by atoms with Gasteiger partial charge >= 0.3 is 0 Å². The van der Waals surface area contributed by atoms with E-state index < -0.39 is 0 Å². The van der Waals surface area contributed by atoms with Gasteiger partial charge in [0.1, 0.15) is 0 Å². The summed E-state index contributed by atoms with van der Waals surface area (Å²) in [5.74, 6) is 0. The summed E-state index contributed by atoms with van der Waals surface area (Å²) < 4.78 is 0. The lowest BCUT2D eigenvalue weighted by Crippen LogP contribution is -1.87. The van der Waals surface area contributed by atoms with Crippen molar-refractivity contribution in [2.75, 3.05) is 0 Å². The second kappa shape index (κ2) is 9.32. The van der Waals surface area contributed by atoms with E-state index in [1.54, 1.807) is 11.3 Å². The van der Waals surface area contributed by atoms with Gasteiger partial charge in [-0.3, -0.25) is 4.79 Å². The number of hydrogen-bond acceptors (Lipinski definition) is 2. The number of thiophene rings is 1. The Labute approximate surface area is 116 Å². The highest BCUT2D eigenvalue weighted by Gasteiger charge is 2.08. The number of carbonyl (C=O) groups excluding carboxylic acids is 1.